The van der Waals surface area contributed by atoms with Crippen LogP contribution in [0.15, 0.2) is 30.3 Å². The summed E-state index contributed by atoms with van der Waals surface area (Å²) in [6.45, 7) is 0.175. The van der Waals surface area contributed by atoms with Crippen LogP contribution in [0, 0.1) is 0 Å². The summed E-state index contributed by atoms with van der Waals surface area (Å²) in [5.74, 6) is 0.893. The van der Waals surface area contributed by atoms with Crippen LogP contribution in [-0.2, 0) is 11.3 Å². The largest absolute Gasteiger partial charge is 0.445 e. The van der Waals surface area contributed by atoms with Gasteiger partial charge in [0.2, 0.25) is 0 Å². The van der Waals surface area contributed by atoms with Gasteiger partial charge >= 0.3 is 6.09 Å². The number of alkyl carbamates (subject to hydrolysis) is 1. The second-order valence-corrected chi connectivity index (χ2v) is 4.85. The van der Waals surface area contributed by atoms with E-state index in [9.17, 15) is 4.79 Å². The molecule has 2 N–H and O–H groups in total. The molecule has 0 aliphatic heterocycles. The molecule has 0 fully saturated rings. The summed E-state index contributed by atoms with van der Waals surface area (Å²) < 4.78 is 5.07. The number of nitrogens with one attached hydrogen (secondary N) is 1. The average molecular weight is 269 g/mol. The molecule has 0 aromatic heterocycles. The second kappa shape index (κ2) is 8.83. The molecule has 0 saturated heterocycles. The van der Waals surface area contributed by atoms with Crippen LogP contribution in [0.2, 0.25) is 0 Å². The Morgan fingerprint density at radius 2 is 2.17 bits per heavy atom. The standard InChI is InChI=1S/C13H19NO3S/c1-18-8-7-12(9-15)14-13(16)17-10-11-5-3-2-4-6-11/h2-6,12,15H,7-10H2,1H3,(H,14,16)/t12-/m1/s1. The lowest BCUT2D eigenvalue weighted by molar-refractivity contribution is 0.129. The normalized spacial score (nSPS) is 11.9. The molecular formula is C13H19NO3S. The Morgan fingerprint density at radius 3 is 2.78 bits per heavy atom. The Labute approximate surface area is 112 Å². The number of ether oxygens (including phenoxy) is 1. The van der Waals surface area contributed by atoms with Gasteiger partial charge in [-0.05, 0) is 24.0 Å². The number of amides is 1. The molecule has 1 rings (SSSR count). The third kappa shape index (κ3) is 5.93. The number of rotatable bonds is 7. The smallest absolute Gasteiger partial charge is 0.407 e. The van der Waals surface area contributed by atoms with Crippen LogP contribution in [0.4, 0.5) is 4.79 Å². The molecule has 0 unspecified atom stereocenters. The van der Waals surface area contributed by atoms with Crippen molar-refractivity contribution in [2.75, 3.05) is 18.6 Å². The fraction of sp³-hybridized carbons (Fsp3) is 0.462. The third-order valence-corrected chi connectivity index (χ3v) is 3.07. The first kappa shape index (κ1) is 14.9. The van der Waals surface area contributed by atoms with Crippen molar-refractivity contribution in [2.24, 2.45) is 0 Å². The van der Waals surface area contributed by atoms with Crippen LogP contribution in [0.1, 0.15) is 12.0 Å². The Kier molecular flexibility index (Phi) is 7.29. The fourth-order valence-corrected chi connectivity index (χ4v) is 1.92. The molecule has 0 spiro atoms. The number of carbonyl (C=O) groups is 1. The van der Waals surface area contributed by atoms with Crippen molar-refractivity contribution in [1.29, 1.82) is 0 Å². The van der Waals surface area contributed by atoms with Crippen molar-refractivity contribution in [2.45, 2.75) is 19.1 Å². The van der Waals surface area contributed by atoms with Crippen LogP contribution < -0.4 is 5.32 Å². The van der Waals surface area contributed by atoms with Crippen molar-refractivity contribution < 1.29 is 14.6 Å². The lowest BCUT2D eigenvalue weighted by Crippen LogP contribution is -2.38. The maximum Gasteiger partial charge on any atom is 0.407 e. The van der Waals surface area contributed by atoms with E-state index in [1.165, 1.54) is 0 Å². The quantitative estimate of drug-likeness (QED) is 0.795. The van der Waals surface area contributed by atoms with E-state index < -0.39 is 6.09 Å². The van der Waals surface area contributed by atoms with Gasteiger partial charge in [0.05, 0.1) is 12.6 Å². The molecule has 100 valence electrons. The Balaban J connectivity index is 2.28. The highest BCUT2D eigenvalue weighted by Crippen LogP contribution is 2.03. The molecule has 5 heteroatoms. The fourth-order valence-electron chi connectivity index (χ4n) is 1.40. The maximum atomic E-state index is 11.5. The van der Waals surface area contributed by atoms with E-state index in [4.69, 9.17) is 9.84 Å². The summed E-state index contributed by atoms with van der Waals surface area (Å²) in [5, 5.41) is 11.8. The highest BCUT2D eigenvalue weighted by atomic mass is 32.2. The Morgan fingerprint density at radius 1 is 1.44 bits per heavy atom. The lowest BCUT2D eigenvalue weighted by Gasteiger charge is -2.15. The number of aliphatic hydroxyl groups is 1. The molecule has 1 aromatic carbocycles. The minimum absolute atomic E-state index is 0.0685. The molecule has 0 radical (unpaired) electrons. The van der Waals surface area contributed by atoms with Crippen molar-refractivity contribution in [3.8, 4) is 0 Å². The number of aliphatic hydroxyl groups excluding tert-OH is 1. The molecule has 0 aliphatic carbocycles. The van der Waals surface area contributed by atoms with Crippen LogP contribution in [0.25, 0.3) is 0 Å². The number of benzene rings is 1. The molecule has 0 aliphatic rings. The van der Waals surface area contributed by atoms with E-state index in [1.54, 1.807) is 11.8 Å². The van der Waals surface area contributed by atoms with E-state index in [0.29, 0.717) is 0 Å². The van der Waals surface area contributed by atoms with Crippen molar-refractivity contribution in [1.82, 2.24) is 5.32 Å². The van der Waals surface area contributed by atoms with Gasteiger partial charge in [-0.15, -0.1) is 0 Å². The molecule has 0 heterocycles. The van der Waals surface area contributed by atoms with Crippen LogP contribution >= 0.6 is 11.8 Å². The lowest BCUT2D eigenvalue weighted by atomic mass is 10.2. The minimum Gasteiger partial charge on any atom is -0.445 e. The van der Waals surface area contributed by atoms with Gasteiger partial charge in [-0.2, -0.15) is 11.8 Å². The van der Waals surface area contributed by atoms with E-state index in [-0.39, 0.29) is 19.3 Å². The van der Waals surface area contributed by atoms with E-state index >= 15 is 0 Å². The highest BCUT2D eigenvalue weighted by molar-refractivity contribution is 7.98. The number of carbonyl (C=O) groups excluding carboxylic acids is 1. The first-order valence-corrected chi connectivity index (χ1v) is 7.22. The number of thioether (sulfide) groups is 1. The molecule has 1 aromatic rings. The monoisotopic (exact) mass is 269 g/mol. The molecule has 4 nitrogen and oxygen atoms in total. The highest BCUT2D eigenvalue weighted by Gasteiger charge is 2.11. The minimum atomic E-state index is -0.487. The van der Waals surface area contributed by atoms with E-state index in [1.807, 2.05) is 36.6 Å². The predicted octanol–water partition coefficient (Wildman–Crippen LogP) is 2.03. The Bertz CT molecular complexity index is 345. The maximum absolute atomic E-state index is 11.5. The average Bonchev–Trinajstić information content (AvgIpc) is 2.42. The summed E-state index contributed by atoms with van der Waals surface area (Å²) in [7, 11) is 0. The summed E-state index contributed by atoms with van der Waals surface area (Å²) in [6.07, 6.45) is 2.24. The van der Waals surface area contributed by atoms with E-state index in [2.05, 4.69) is 5.32 Å². The Hall–Kier alpha value is -1.20. The SMILES string of the molecule is CSCC[C@H](CO)NC(=O)OCc1ccccc1. The summed E-state index contributed by atoms with van der Waals surface area (Å²) in [6, 6.07) is 9.25. The summed E-state index contributed by atoms with van der Waals surface area (Å²) in [4.78, 5) is 11.5. The topological polar surface area (TPSA) is 58.6 Å². The molecule has 0 bridgehead atoms. The molecule has 0 saturated carbocycles. The number of hydrogen-bond donors (Lipinski definition) is 2. The zero-order valence-corrected chi connectivity index (χ0v) is 11.3. The second-order valence-electron chi connectivity index (χ2n) is 3.87. The van der Waals surface area contributed by atoms with Gasteiger partial charge in [0, 0.05) is 0 Å². The number of hydrogen-bond acceptors (Lipinski definition) is 4. The van der Waals surface area contributed by atoms with E-state index in [0.717, 1.165) is 17.7 Å². The first-order valence-electron chi connectivity index (χ1n) is 5.83. The van der Waals surface area contributed by atoms with Gasteiger partial charge in [-0.3, -0.25) is 0 Å². The van der Waals surface area contributed by atoms with Crippen molar-refractivity contribution in [3.05, 3.63) is 35.9 Å². The van der Waals surface area contributed by atoms with Crippen LogP contribution in [0.5, 0.6) is 0 Å². The van der Waals surface area contributed by atoms with Crippen molar-refractivity contribution >= 4 is 17.9 Å². The van der Waals surface area contributed by atoms with Crippen LogP contribution in [0.3, 0.4) is 0 Å². The van der Waals surface area contributed by atoms with Crippen molar-refractivity contribution in [3.63, 3.8) is 0 Å². The van der Waals surface area contributed by atoms with Gasteiger partial charge in [0.15, 0.2) is 0 Å². The van der Waals surface area contributed by atoms with Crippen LogP contribution in [-0.4, -0.2) is 35.9 Å². The van der Waals surface area contributed by atoms with Gasteiger partial charge < -0.3 is 15.2 Å². The first-order chi connectivity index (χ1) is 8.76. The molecule has 1 atom stereocenters. The zero-order valence-electron chi connectivity index (χ0n) is 10.5. The summed E-state index contributed by atoms with van der Waals surface area (Å²) >= 11 is 1.68. The molecule has 18 heavy (non-hydrogen) atoms. The summed E-state index contributed by atoms with van der Waals surface area (Å²) in [5.41, 5.74) is 0.942. The van der Waals surface area contributed by atoms with Gasteiger partial charge in [0.25, 0.3) is 0 Å². The van der Waals surface area contributed by atoms with Gasteiger partial charge in [-0.1, -0.05) is 30.3 Å². The predicted molar refractivity (Wildman–Crippen MR) is 73.6 cm³/mol. The zero-order chi connectivity index (χ0) is 13.2. The molecule has 1 amide bonds. The third-order valence-electron chi connectivity index (χ3n) is 2.43. The van der Waals surface area contributed by atoms with Gasteiger partial charge in [-0.25, -0.2) is 4.79 Å². The van der Waals surface area contributed by atoms with Gasteiger partial charge in [0.1, 0.15) is 6.61 Å². The molecular weight excluding hydrogens is 250 g/mol.